The van der Waals surface area contributed by atoms with Crippen molar-refractivity contribution >= 4 is 24.2 Å². The van der Waals surface area contributed by atoms with Gasteiger partial charge in [-0.25, -0.2) is 14.4 Å². The Morgan fingerprint density at radius 3 is 2.02 bits per heavy atom. The third-order valence-corrected chi connectivity index (χ3v) is 5.95. The molecule has 12 heteroatoms. The van der Waals surface area contributed by atoms with Gasteiger partial charge >= 0.3 is 18.3 Å². The first-order valence-corrected chi connectivity index (χ1v) is 13.8. The number of hydrogen-bond acceptors (Lipinski definition) is 7. The monoisotopic (exact) mass is 586 g/mol. The van der Waals surface area contributed by atoms with Gasteiger partial charge in [0.15, 0.2) is 0 Å². The van der Waals surface area contributed by atoms with Crippen molar-refractivity contribution in [3.05, 3.63) is 71.8 Å². The van der Waals surface area contributed by atoms with Gasteiger partial charge in [0, 0.05) is 32.7 Å². The number of alkyl carbamates (subject to hydrolysis) is 2. The van der Waals surface area contributed by atoms with Gasteiger partial charge in [0.1, 0.15) is 18.2 Å². The van der Waals surface area contributed by atoms with Crippen LogP contribution < -0.4 is 10.6 Å². The molecule has 0 saturated carbocycles. The lowest BCUT2D eigenvalue weighted by Gasteiger charge is -2.30. The third kappa shape index (κ3) is 13.4. The summed E-state index contributed by atoms with van der Waals surface area (Å²) in [7, 11) is 0. The van der Waals surface area contributed by atoms with E-state index >= 15 is 0 Å². The molecule has 42 heavy (non-hydrogen) atoms. The van der Waals surface area contributed by atoms with Crippen molar-refractivity contribution in [2.75, 3.05) is 32.8 Å². The molecular weight excluding hydrogens is 544 g/mol. The molecule has 0 heterocycles. The summed E-state index contributed by atoms with van der Waals surface area (Å²) in [5, 5.41) is 24.5. The number of carbonyl (C=O) groups excluding carboxylic acids is 3. The van der Waals surface area contributed by atoms with E-state index in [1.807, 2.05) is 48.5 Å². The molecule has 0 bridgehead atoms. The minimum atomic E-state index is -1.15. The van der Waals surface area contributed by atoms with E-state index in [9.17, 15) is 29.4 Å². The van der Waals surface area contributed by atoms with E-state index in [2.05, 4.69) is 10.6 Å². The Labute approximate surface area is 246 Å². The quantitative estimate of drug-likeness (QED) is 0.231. The zero-order valence-electron chi connectivity index (χ0n) is 24.5. The van der Waals surface area contributed by atoms with Gasteiger partial charge < -0.3 is 40.1 Å². The summed E-state index contributed by atoms with van der Waals surface area (Å²) in [6, 6.07) is 17.2. The average molecular weight is 587 g/mol. The second-order valence-electron chi connectivity index (χ2n) is 10.6. The molecule has 0 aromatic heterocycles. The number of amides is 4. The molecule has 0 spiro atoms. The van der Waals surface area contributed by atoms with Crippen LogP contribution in [0.5, 0.6) is 0 Å². The van der Waals surface area contributed by atoms with Crippen LogP contribution in [0.25, 0.3) is 0 Å². The summed E-state index contributed by atoms with van der Waals surface area (Å²) in [6.45, 7) is 5.07. The number of aliphatic hydroxyl groups excluding tert-OH is 1. The van der Waals surface area contributed by atoms with Crippen molar-refractivity contribution < 1.29 is 38.9 Å². The molecule has 4 amide bonds. The number of hydrogen-bond donors (Lipinski definition) is 4. The van der Waals surface area contributed by atoms with Crippen LogP contribution in [0.3, 0.4) is 0 Å². The largest absolute Gasteiger partial charge is 0.465 e. The second-order valence-corrected chi connectivity index (χ2v) is 10.6. The summed E-state index contributed by atoms with van der Waals surface area (Å²) in [5.41, 5.74) is 0.833. The molecule has 4 N–H and O–H groups in total. The van der Waals surface area contributed by atoms with Crippen LogP contribution in [0.15, 0.2) is 60.7 Å². The van der Waals surface area contributed by atoms with Gasteiger partial charge in [0.2, 0.25) is 5.91 Å². The Balaban J connectivity index is 2.01. The molecule has 0 aliphatic heterocycles. The lowest BCUT2D eigenvalue weighted by atomic mass is 10.1. The number of ether oxygens (including phenoxy) is 2. The summed E-state index contributed by atoms with van der Waals surface area (Å²) >= 11 is 0. The fraction of sp³-hybridized carbons (Fsp3) is 0.467. The number of carbonyl (C=O) groups is 4. The summed E-state index contributed by atoms with van der Waals surface area (Å²) < 4.78 is 10.5. The fourth-order valence-corrected chi connectivity index (χ4v) is 3.94. The van der Waals surface area contributed by atoms with Crippen molar-refractivity contribution in [2.45, 2.75) is 58.4 Å². The average Bonchev–Trinajstić information content (AvgIpc) is 2.94. The molecule has 0 radical (unpaired) electrons. The third-order valence-electron chi connectivity index (χ3n) is 5.95. The Kier molecular flexibility index (Phi) is 14.1. The van der Waals surface area contributed by atoms with E-state index in [-0.39, 0.29) is 52.4 Å². The molecule has 1 atom stereocenters. The first-order chi connectivity index (χ1) is 20.0. The molecule has 12 nitrogen and oxygen atoms in total. The predicted octanol–water partition coefficient (Wildman–Crippen LogP) is 3.59. The van der Waals surface area contributed by atoms with Crippen LogP contribution >= 0.6 is 0 Å². The lowest BCUT2D eigenvalue weighted by molar-refractivity contribution is -0.134. The van der Waals surface area contributed by atoms with Gasteiger partial charge in [-0.2, -0.15) is 0 Å². The molecule has 0 saturated heterocycles. The Morgan fingerprint density at radius 2 is 1.45 bits per heavy atom. The maximum atomic E-state index is 13.5. The first kappa shape index (κ1) is 33.9. The predicted molar refractivity (Wildman–Crippen MR) is 156 cm³/mol. The van der Waals surface area contributed by atoms with Gasteiger partial charge in [-0.1, -0.05) is 60.7 Å². The Bertz CT molecular complexity index is 1130. The fourth-order valence-electron chi connectivity index (χ4n) is 3.94. The molecule has 2 rings (SSSR count). The summed E-state index contributed by atoms with van der Waals surface area (Å²) in [5.74, 6) is -0.508. The maximum absolute atomic E-state index is 13.5. The van der Waals surface area contributed by atoms with E-state index in [0.29, 0.717) is 6.42 Å². The van der Waals surface area contributed by atoms with E-state index in [1.165, 1.54) is 9.80 Å². The topological polar surface area (TPSA) is 158 Å². The van der Waals surface area contributed by atoms with Crippen molar-refractivity contribution in [3.63, 3.8) is 0 Å². The van der Waals surface area contributed by atoms with Gasteiger partial charge in [0.25, 0.3) is 0 Å². The SMILES string of the molecule is CC(C)(C)OC(=O)N[C@@H](CCCNC(=O)OCc1ccccc1)C(=O)N(CCO)CCN(Cc1ccccc1)C(=O)O. The van der Waals surface area contributed by atoms with E-state index < -0.39 is 35.8 Å². The number of nitrogens with one attached hydrogen (secondary N) is 2. The normalized spacial score (nSPS) is 11.6. The minimum absolute atomic E-state index is 0.00487. The zero-order valence-corrected chi connectivity index (χ0v) is 24.5. The van der Waals surface area contributed by atoms with E-state index in [0.717, 1.165) is 11.1 Å². The summed E-state index contributed by atoms with van der Waals surface area (Å²) in [4.78, 5) is 52.5. The highest BCUT2D eigenvalue weighted by atomic mass is 16.6. The van der Waals surface area contributed by atoms with Crippen LogP contribution in [0.4, 0.5) is 14.4 Å². The van der Waals surface area contributed by atoms with Gasteiger partial charge in [-0.3, -0.25) is 4.79 Å². The molecule has 2 aromatic rings. The molecule has 0 aliphatic carbocycles. The number of carboxylic acid groups (broad SMARTS) is 1. The van der Waals surface area contributed by atoms with E-state index in [4.69, 9.17) is 9.47 Å². The van der Waals surface area contributed by atoms with Gasteiger partial charge in [0.05, 0.1) is 6.61 Å². The van der Waals surface area contributed by atoms with Crippen molar-refractivity contribution in [1.82, 2.24) is 20.4 Å². The van der Waals surface area contributed by atoms with Crippen molar-refractivity contribution in [2.24, 2.45) is 0 Å². The number of aliphatic hydroxyl groups is 1. The number of rotatable bonds is 15. The van der Waals surface area contributed by atoms with Crippen LogP contribution in [0.1, 0.15) is 44.7 Å². The second kappa shape index (κ2) is 17.5. The van der Waals surface area contributed by atoms with E-state index in [1.54, 1.807) is 32.9 Å². The Morgan fingerprint density at radius 1 is 0.857 bits per heavy atom. The lowest BCUT2D eigenvalue weighted by Crippen LogP contribution is -2.52. The van der Waals surface area contributed by atoms with Crippen LogP contribution in [0, 0.1) is 0 Å². The van der Waals surface area contributed by atoms with Crippen molar-refractivity contribution in [3.8, 4) is 0 Å². The molecule has 0 unspecified atom stereocenters. The molecular formula is C30H42N4O8. The van der Waals surface area contributed by atoms with Crippen LogP contribution in [0.2, 0.25) is 0 Å². The van der Waals surface area contributed by atoms with Crippen LogP contribution in [-0.4, -0.2) is 88.6 Å². The number of benzene rings is 2. The highest BCUT2D eigenvalue weighted by Crippen LogP contribution is 2.11. The maximum Gasteiger partial charge on any atom is 0.408 e. The molecule has 2 aromatic carbocycles. The minimum Gasteiger partial charge on any atom is -0.465 e. The highest BCUT2D eigenvalue weighted by Gasteiger charge is 2.28. The molecule has 0 aliphatic rings. The molecule has 230 valence electrons. The highest BCUT2D eigenvalue weighted by molar-refractivity contribution is 5.85. The number of nitrogens with zero attached hydrogens (tertiary/aromatic N) is 2. The van der Waals surface area contributed by atoms with Crippen molar-refractivity contribution in [1.29, 1.82) is 0 Å². The first-order valence-electron chi connectivity index (χ1n) is 13.8. The summed E-state index contributed by atoms with van der Waals surface area (Å²) in [6.07, 6.45) is -2.10. The molecule has 0 fully saturated rings. The Hall–Kier alpha value is -4.32. The van der Waals surface area contributed by atoms with Gasteiger partial charge in [-0.15, -0.1) is 0 Å². The van der Waals surface area contributed by atoms with Gasteiger partial charge in [-0.05, 0) is 44.7 Å². The zero-order chi connectivity index (χ0) is 31.0. The van der Waals surface area contributed by atoms with Crippen LogP contribution in [-0.2, 0) is 27.4 Å². The standard InChI is InChI=1S/C30H42N4O8/c1-30(2,3)42-28(38)32-25(15-10-16-31-27(37)41-22-24-13-8-5-9-14-24)26(36)33(19-20-35)17-18-34(29(39)40)21-23-11-6-4-7-12-23/h4-9,11-14,25,35H,10,15-22H2,1-3H3,(H,31,37)(H,32,38)(H,39,40)/t25-/m0/s1. The smallest absolute Gasteiger partial charge is 0.408 e.